The third-order valence-corrected chi connectivity index (χ3v) is 5.50. The Labute approximate surface area is 158 Å². The average Bonchev–Trinajstić information content (AvgIpc) is 2.69. The molecule has 0 unspecified atom stereocenters. The first-order chi connectivity index (χ1) is 13.0. The van der Waals surface area contributed by atoms with Crippen LogP contribution in [0.4, 0.5) is 5.69 Å². The molecule has 6 heteroatoms. The zero-order valence-electron chi connectivity index (χ0n) is 14.6. The van der Waals surface area contributed by atoms with Crippen LogP contribution < -0.4 is 4.41 Å². The van der Waals surface area contributed by atoms with E-state index < -0.39 is 10.0 Å². The van der Waals surface area contributed by atoms with Crippen molar-refractivity contribution in [2.75, 3.05) is 4.41 Å². The number of aryl methyl sites for hydroxylation is 1. The molecule has 0 saturated heterocycles. The van der Waals surface area contributed by atoms with Crippen molar-refractivity contribution in [3.63, 3.8) is 0 Å². The first-order valence-corrected chi connectivity index (χ1v) is 9.66. The largest absolute Gasteiger partial charge is 0.283 e. The summed E-state index contributed by atoms with van der Waals surface area (Å²) >= 11 is 0. The van der Waals surface area contributed by atoms with E-state index in [9.17, 15) is 13.7 Å². The fourth-order valence-electron chi connectivity index (χ4n) is 2.46. The summed E-state index contributed by atoms with van der Waals surface area (Å²) in [4.78, 5) is 0.103. The summed E-state index contributed by atoms with van der Waals surface area (Å²) in [5, 5.41) is 13.6. The maximum absolute atomic E-state index is 13.2. The lowest BCUT2D eigenvalue weighted by molar-refractivity contribution is 0.592. The van der Waals surface area contributed by atoms with Crippen LogP contribution in [0.25, 0.3) is 0 Å². The Morgan fingerprint density at radius 3 is 2.22 bits per heavy atom. The van der Waals surface area contributed by atoms with E-state index in [1.165, 1.54) is 18.3 Å². The maximum atomic E-state index is 13.2. The molecule has 0 bridgehead atoms. The molecule has 3 rings (SSSR count). The van der Waals surface area contributed by atoms with Crippen molar-refractivity contribution in [3.05, 3.63) is 95.6 Å². The predicted octanol–water partition coefficient (Wildman–Crippen LogP) is 4.10. The van der Waals surface area contributed by atoms with Gasteiger partial charge in [0.15, 0.2) is 0 Å². The number of rotatable bonds is 5. The second-order valence-corrected chi connectivity index (χ2v) is 7.61. The van der Waals surface area contributed by atoms with Gasteiger partial charge in [-0.3, -0.25) is 0 Å². The topological polar surface area (TPSA) is 73.5 Å². The van der Waals surface area contributed by atoms with E-state index in [2.05, 4.69) is 5.10 Å². The molecule has 5 nitrogen and oxygen atoms in total. The Kier molecular flexibility index (Phi) is 5.34. The normalized spacial score (nSPS) is 11.3. The number of hydrazone groups is 1. The molecule has 0 N–H and O–H groups in total. The second-order valence-electron chi connectivity index (χ2n) is 5.85. The van der Waals surface area contributed by atoms with E-state index in [-0.39, 0.29) is 16.1 Å². The molecule has 0 fully saturated rings. The summed E-state index contributed by atoms with van der Waals surface area (Å²) in [6.45, 7) is 1.88. The van der Waals surface area contributed by atoms with Gasteiger partial charge in [0, 0.05) is 0 Å². The predicted molar refractivity (Wildman–Crippen MR) is 106 cm³/mol. The Balaban J connectivity index is 2.14. The third-order valence-electron chi connectivity index (χ3n) is 3.89. The zero-order chi connectivity index (χ0) is 19.3. The lowest BCUT2D eigenvalue weighted by Gasteiger charge is -2.20. The van der Waals surface area contributed by atoms with Crippen molar-refractivity contribution < 1.29 is 8.42 Å². The molecule has 0 atom stereocenters. The number of benzene rings is 3. The quantitative estimate of drug-likeness (QED) is 0.498. The van der Waals surface area contributed by atoms with E-state index in [0.717, 1.165) is 15.5 Å². The second kappa shape index (κ2) is 7.85. The van der Waals surface area contributed by atoms with Crippen molar-refractivity contribution >= 4 is 21.9 Å². The summed E-state index contributed by atoms with van der Waals surface area (Å²) in [7, 11) is -3.99. The van der Waals surface area contributed by atoms with Gasteiger partial charge in [-0.2, -0.15) is 23.2 Å². The Morgan fingerprint density at radius 2 is 1.56 bits per heavy atom. The standard InChI is InChI=1S/C21H17N3O2S/c1-17-11-13-20(14-12-17)27(25,26)24(21-10-6-5-9-19(21)15-22)23-16-18-7-3-2-4-8-18/h2-14,16H,1H3. The molecule has 3 aromatic rings. The molecule has 0 saturated carbocycles. The van der Waals surface area contributed by atoms with Gasteiger partial charge in [-0.05, 0) is 36.8 Å². The molecule has 0 heterocycles. The summed E-state index contributed by atoms with van der Waals surface area (Å²) in [6.07, 6.45) is 1.46. The lowest BCUT2D eigenvalue weighted by Crippen LogP contribution is -2.26. The molecule has 0 amide bonds. The van der Waals surface area contributed by atoms with Gasteiger partial charge in [0.05, 0.1) is 22.4 Å². The minimum Gasteiger partial charge on any atom is -0.199 e. The van der Waals surface area contributed by atoms with Crippen LogP contribution in [0.2, 0.25) is 0 Å². The summed E-state index contributed by atoms with van der Waals surface area (Å²) in [5.41, 5.74) is 2.12. The fourth-order valence-corrected chi connectivity index (χ4v) is 3.73. The summed E-state index contributed by atoms with van der Waals surface area (Å²) in [5.74, 6) is 0. The molecular weight excluding hydrogens is 358 g/mol. The molecule has 27 heavy (non-hydrogen) atoms. The maximum Gasteiger partial charge on any atom is 0.283 e. The minimum absolute atomic E-state index is 0.103. The molecule has 0 aliphatic rings. The number of hydrogen-bond acceptors (Lipinski definition) is 4. The van der Waals surface area contributed by atoms with Crippen molar-refractivity contribution in [1.29, 1.82) is 5.26 Å². The van der Waals surface area contributed by atoms with Crippen LogP contribution in [0.15, 0.2) is 88.9 Å². The van der Waals surface area contributed by atoms with E-state index >= 15 is 0 Å². The fraction of sp³-hybridized carbons (Fsp3) is 0.0476. The van der Waals surface area contributed by atoms with Crippen LogP contribution in [-0.4, -0.2) is 14.6 Å². The monoisotopic (exact) mass is 375 g/mol. The van der Waals surface area contributed by atoms with Gasteiger partial charge in [0.2, 0.25) is 0 Å². The van der Waals surface area contributed by atoms with Crippen LogP contribution >= 0.6 is 0 Å². The smallest absolute Gasteiger partial charge is 0.199 e. The Bertz CT molecular complexity index is 1100. The molecule has 0 radical (unpaired) electrons. The van der Waals surface area contributed by atoms with Crippen LogP contribution in [0.5, 0.6) is 0 Å². The van der Waals surface area contributed by atoms with E-state index in [4.69, 9.17) is 0 Å². The number of nitriles is 1. The Morgan fingerprint density at radius 1 is 0.926 bits per heavy atom. The highest BCUT2D eigenvalue weighted by atomic mass is 32.2. The lowest BCUT2D eigenvalue weighted by atomic mass is 10.2. The van der Waals surface area contributed by atoms with Crippen LogP contribution in [0, 0.1) is 18.3 Å². The van der Waals surface area contributed by atoms with Gasteiger partial charge >= 0.3 is 0 Å². The molecule has 0 spiro atoms. The van der Waals surface area contributed by atoms with Gasteiger partial charge in [-0.1, -0.05) is 60.2 Å². The van der Waals surface area contributed by atoms with Crippen molar-refractivity contribution in [2.45, 2.75) is 11.8 Å². The SMILES string of the molecule is Cc1ccc(S(=O)(=O)N(N=Cc2ccccc2)c2ccccc2C#N)cc1. The molecular formula is C21H17N3O2S. The first kappa shape index (κ1) is 18.4. The van der Waals surface area contributed by atoms with E-state index in [0.29, 0.717) is 0 Å². The summed E-state index contributed by atoms with van der Waals surface area (Å²) in [6, 6.07) is 24.2. The number of hydrogen-bond donors (Lipinski definition) is 0. The average molecular weight is 375 g/mol. The number of para-hydroxylation sites is 1. The first-order valence-electron chi connectivity index (χ1n) is 8.22. The molecule has 0 aromatic heterocycles. The molecule has 0 aliphatic carbocycles. The van der Waals surface area contributed by atoms with Gasteiger partial charge in [-0.15, -0.1) is 0 Å². The van der Waals surface area contributed by atoms with Gasteiger partial charge < -0.3 is 0 Å². The number of anilines is 1. The Hall–Kier alpha value is -3.43. The third kappa shape index (κ3) is 4.05. The van der Waals surface area contributed by atoms with Crippen LogP contribution in [-0.2, 0) is 10.0 Å². The molecule has 0 aliphatic heterocycles. The van der Waals surface area contributed by atoms with Gasteiger partial charge in [0.25, 0.3) is 10.0 Å². The van der Waals surface area contributed by atoms with Crippen LogP contribution in [0.3, 0.4) is 0 Å². The minimum atomic E-state index is -3.99. The highest BCUT2D eigenvalue weighted by Crippen LogP contribution is 2.27. The van der Waals surface area contributed by atoms with E-state index in [1.54, 1.807) is 36.4 Å². The van der Waals surface area contributed by atoms with Gasteiger partial charge in [0.1, 0.15) is 6.07 Å². The van der Waals surface area contributed by atoms with Crippen LogP contribution in [0.1, 0.15) is 16.7 Å². The highest BCUT2D eigenvalue weighted by molar-refractivity contribution is 7.92. The number of sulfonamides is 1. The van der Waals surface area contributed by atoms with Gasteiger partial charge in [-0.25, -0.2) is 0 Å². The van der Waals surface area contributed by atoms with Crippen molar-refractivity contribution in [1.82, 2.24) is 0 Å². The van der Waals surface area contributed by atoms with E-state index in [1.807, 2.05) is 43.3 Å². The zero-order valence-corrected chi connectivity index (χ0v) is 15.5. The molecule has 134 valence electrons. The highest BCUT2D eigenvalue weighted by Gasteiger charge is 2.26. The number of nitrogens with zero attached hydrogens (tertiary/aromatic N) is 3. The van der Waals surface area contributed by atoms with Crippen molar-refractivity contribution in [2.24, 2.45) is 5.10 Å². The van der Waals surface area contributed by atoms with Crippen molar-refractivity contribution in [3.8, 4) is 6.07 Å². The summed E-state index contributed by atoms with van der Waals surface area (Å²) < 4.78 is 27.4. The molecule has 3 aromatic carbocycles.